The Labute approximate surface area is 114 Å². The van der Waals surface area contributed by atoms with Crippen molar-refractivity contribution in [1.29, 1.82) is 0 Å². The highest BCUT2D eigenvalue weighted by Gasteiger charge is 2.17. The Morgan fingerprint density at radius 2 is 1.50 bits per heavy atom. The lowest BCUT2D eigenvalue weighted by atomic mass is 10.2. The molecular weight excluding hydrogens is 255 g/mol. The molecule has 0 spiro atoms. The summed E-state index contributed by atoms with van der Waals surface area (Å²) in [6.45, 7) is 0. The number of carbonyl (C=O) groups excluding carboxylic acids is 1. The van der Waals surface area contributed by atoms with Crippen LogP contribution in [0.5, 0.6) is 0 Å². The number of nitrogens with zero attached hydrogens (tertiary/aromatic N) is 1. The highest BCUT2D eigenvalue weighted by Crippen LogP contribution is 2.19. The van der Waals surface area contributed by atoms with Gasteiger partial charge in [-0.3, -0.25) is 4.79 Å². The van der Waals surface area contributed by atoms with Crippen molar-refractivity contribution >= 4 is 5.91 Å². The summed E-state index contributed by atoms with van der Waals surface area (Å²) < 4.78 is 6.03. The number of benzene rings is 2. The molecule has 1 heterocycles. The van der Waals surface area contributed by atoms with Crippen molar-refractivity contribution in [2.75, 3.05) is 0 Å². The molecular formula is C16H11NO3. The van der Waals surface area contributed by atoms with Crippen LogP contribution in [0, 0.1) is 0 Å². The second kappa shape index (κ2) is 5.01. The standard InChI is InChI=1S/C16H11NO3/c18-15-11-14(12-7-3-1-4-8-12)17(20-15)16(19)13-9-5-2-6-10-13/h1-11H/i14+1. The molecule has 1 aromatic heterocycles. The maximum absolute atomic E-state index is 12.4. The zero-order valence-electron chi connectivity index (χ0n) is 10.5. The Morgan fingerprint density at radius 1 is 0.900 bits per heavy atom. The van der Waals surface area contributed by atoms with E-state index < -0.39 is 5.63 Å². The van der Waals surface area contributed by atoms with Crippen LogP contribution >= 0.6 is 0 Å². The van der Waals surface area contributed by atoms with E-state index in [1.807, 2.05) is 36.4 Å². The Bertz CT molecular complexity index is 785. The molecule has 98 valence electrons. The third-order valence-corrected chi connectivity index (χ3v) is 2.93. The smallest absolute Gasteiger partial charge is 0.328 e. The van der Waals surface area contributed by atoms with Crippen molar-refractivity contribution in [2.24, 2.45) is 0 Å². The summed E-state index contributed by atoms with van der Waals surface area (Å²) in [5.41, 5.74) is 1.12. The molecule has 3 aromatic rings. The second-order valence-corrected chi connectivity index (χ2v) is 4.27. The quantitative estimate of drug-likeness (QED) is 0.716. The zero-order chi connectivity index (χ0) is 13.9. The first-order chi connectivity index (χ1) is 9.75. The maximum atomic E-state index is 12.4. The first-order valence-electron chi connectivity index (χ1n) is 6.14. The van der Waals surface area contributed by atoms with E-state index in [0.29, 0.717) is 11.3 Å². The van der Waals surface area contributed by atoms with E-state index in [0.717, 1.165) is 10.3 Å². The van der Waals surface area contributed by atoms with Crippen LogP contribution in [0.15, 0.2) is 76.0 Å². The van der Waals surface area contributed by atoms with Gasteiger partial charge >= 0.3 is 5.63 Å². The first kappa shape index (κ1) is 12.2. The molecule has 0 atom stereocenters. The molecule has 0 bridgehead atoms. The molecule has 3 rings (SSSR count). The molecule has 2 aromatic carbocycles. The van der Waals surface area contributed by atoms with Crippen LogP contribution in [-0.4, -0.2) is 10.6 Å². The van der Waals surface area contributed by atoms with E-state index in [-0.39, 0.29) is 5.91 Å². The number of hydrogen-bond donors (Lipinski definition) is 0. The van der Waals surface area contributed by atoms with Gasteiger partial charge in [0.2, 0.25) is 0 Å². The van der Waals surface area contributed by atoms with Crippen LogP contribution in [0.4, 0.5) is 0 Å². The number of rotatable bonds is 2. The van der Waals surface area contributed by atoms with Crippen molar-refractivity contribution in [2.45, 2.75) is 0 Å². The summed E-state index contributed by atoms with van der Waals surface area (Å²) in [6.07, 6.45) is 0. The first-order valence-corrected chi connectivity index (χ1v) is 6.14. The summed E-state index contributed by atoms with van der Waals surface area (Å²) in [6, 6.07) is 19.2. The average molecular weight is 266 g/mol. The molecule has 0 N–H and O–H groups in total. The predicted octanol–water partition coefficient (Wildman–Crippen LogP) is 2.80. The number of carbonyl (C=O) groups is 1. The van der Waals surface area contributed by atoms with E-state index in [1.54, 1.807) is 24.3 Å². The van der Waals surface area contributed by atoms with Gasteiger partial charge in [-0.25, -0.2) is 4.79 Å². The lowest BCUT2D eigenvalue weighted by molar-refractivity contribution is 0.0843. The predicted molar refractivity (Wildman–Crippen MR) is 74.6 cm³/mol. The molecule has 0 saturated carbocycles. The highest BCUT2D eigenvalue weighted by atomic mass is 16.5. The normalized spacial score (nSPS) is 10.4. The van der Waals surface area contributed by atoms with Crippen LogP contribution in [0.2, 0.25) is 0 Å². The molecule has 0 aliphatic carbocycles. The molecule has 20 heavy (non-hydrogen) atoms. The second-order valence-electron chi connectivity index (χ2n) is 4.27. The Balaban J connectivity index is 2.12. The molecule has 0 aliphatic rings. The maximum Gasteiger partial charge on any atom is 0.358 e. The van der Waals surface area contributed by atoms with Crippen molar-refractivity contribution in [3.8, 4) is 11.3 Å². The molecule has 0 amide bonds. The summed E-state index contributed by atoms with van der Waals surface area (Å²) in [4.78, 5) is 23.9. The molecule has 0 aliphatic heterocycles. The van der Waals surface area contributed by atoms with Crippen LogP contribution in [0.3, 0.4) is 0 Å². The average Bonchev–Trinajstić information content (AvgIpc) is 2.90. The molecule has 0 unspecified atom stereocenters. The van der Waals surface area contributed by atoms with Crippen molar-refractivity contribution in [3.63, 3.8) is 0 Å². The minimum Gasteiger partial charge on any atom is -0.328 e. The Morgan fingerprint density at radius 3 is 2.15 bits per heavy atom. The molecule has 4 nitrogen and oxygen atoms in total. The van der Waals surface area contributed by atoms with Gasteiger partial charge in [-0.2, -0.15) is 0 Å². The van der Waals surface area contributed by atoms with Gasteiger partial charge in [0.25, 0.3) is 5.91 Å². The lowest BCUT2D eigenvalue weighted by Gasteiger charge is -2.05. The van der Waals surface area contributed by atoms with Gasteiger partial charge < -0.3 is 4.52 Å². The Kier molecular flexibility index (Phi) is 3.05. The van der Waals surface area contributed by atoms with E-state index in [2.05, 4.69) is 0 Å². The van der Waals surface area contributed by atoms with Crippen molar-refractivity contribution in [3.05, 3.63) is 82.7 Å². The Hall–Kier alpha value is -2.88. The fraction of sp³-hybridized carbons (Fsp3) is 0. The molecule has 0 fully saturated rings. The molecule has 4 heteroatoms. The number of hydrogen-bond acceptors (Lipinski definition) is 3. The van der Waals surface area contributed by atoms with E-state index in [1.165, 1.54) is 6.07 Å². The fourth-order valence-electron chi connectivity index (χ4n) is 1.99. The SMILES string of the molecule is O=C(c1ccccc1)n1oc(=O)c[13c]1-c1ccccc1. The van der Waals surface area contributed by atoms with Crippen LogP contribution in [0.25, 0.3) is 11.3 Å². The summed E-state index contributed by atoms with van der Waals surface area (Å²) in [5.74, 6) is -0.369. The van der Waals surface area contributed by atoms with Crippen LogP contribution in [-0.2, 0) is 0 Å². The van der Waals surface area contributed by atoms with Crippen LogP contribution in [0.1, 0.15) is 10.4 Å². The van der Waals surface area contributed by atoms with Gasteiger partial charge in [-0.15, -0.1) is 4.74 Å². The fourth-order valence-corrected chi connectivity index (χ4v) is 1.99. The number of aromatic nitrogens is 1. The summed E-state index contributed by atoms with van der Waals surface area (Å²) in [5, 5.41) is 0. The van der Waals surface area contributed by atoms with Gasteiger partial charge in [-0.1, -0.05) is 48.5 Å². The van der Waals surface area contributed by atoms with Crippen molar-refractivity contribution in [1.82, 2.24) is 4.74 Å². The monoisotopic (exact) mass is 266 g/mol. The van der Waals surface area contributed by atoms with Crippen LogP contribution < -0.4 is 5.63 Å². The van der Waals surface area contributed by atoms with Gasteiger partial charge in [-0.05, 0) is 12.1 Å². The minimum atomic E-state index is -0.548. The largest absolute Gasteiger partial charge is 0.358 e. The third kappa shape index (κ3) is 2.19. The van der Waals surface area contributed by atoms with Gasteiger partial charge in [0.15, 0.2) is 0 Å². The topological polar surface area (TPSA) is 52.2 Å². The summed E-state index contributed by atoms with van der Waals surface area (Å²) >= 11 is 0. The third-order valence-electron chi connectivity index (χ3n) is 2.93. The lowest BCUT2D eigenvalue weighted by Crippen LogP contribution is -2.12. The van der Waals surface area contributed by atoms with Gasteiger partial charge in [0.1, 0.15) is 0 Å². The van der Waals surface area contributed by atoms with E-state index >= 15 is 0 Å². The highest BCUT2D eigenvalue weighted by molar-refractivity contribution is 5.97. The van der Waals surface area contributed by atoms with E-state index in [4.69, 9.17) is 4.52 Å². The zero-order valence-corrected chi connectivity index (χ0v) is 10.5. The minimum absolute atomic E-state index is 0.369. The van der Waals surface area contributed by atoms with Crippen molar-refractivity contribution < 1.29 is 9.32 Å². The molecule has 0 radical (unpaired) electrons. The summed E-state index contributed by atoms with van der Waals surface area (Å²) in [7, 11) is 0. The van der Waals surface area contributed by atoms with E-state index in [9.17, 15) is 9.59 Å². The molecule has 0 saturated heterocycles. The van der Waals surface area contributed by atoms with Gasteiger partial charge in [0.05, 0.1) is 11.8 Å². The van der Waals surface area contributed by atoms with Gasteiger partial charge in [0, 0.05) is 11.1 Å².